The number of epoxide rings is 1. The number of ether oxygens (including phenoxy) is 1. The molecule has 0 N–H and O–H groups in total. The van der Waals surface area contributed by atoms with Crippen LogP contribution in [0.2, 0.25) is 0 Å². The average molecular weight is 213 g/mol. The number of hydrogen-bond donors (Lipinski definition) is 0. The maximum absolute atomic E-state index is 5.41. The van der Waals surface area contributed by atoms with Gasteiger partial charge in [-0.2, -0.15) is 0 Å². The van der Waals surface area contributed by atoms with Crippen LogP contribution in [0.25, 0.3) is 0 Å². The molecule has 0 saturated carbocycles. The molecule has 0 bridgehead atoms. The van der Waals surface area contributed by atoms with Crippen molar-refractivity contribution in [3.63, 3.8) is 0 Å². The molecule has 2 rings (SSSR count). The summed E-state index contributed by atoms with van der Waals surface area (Å²) in [6, 6.07) is 10.3. The minimum absolute atomic E-state index is 0.343. The highest BCUT2D eigenvalue weighted by Crippen LogP contribution is 2.39. The molecule has 0 spiro atoms. The molecule has 1 heterocycles. The Balaban J connectivity index is 2.09. The van der Waals surface area contributed by atoms with E-state index in [0.717, 1.165) is 5.33 Å². The Morgan fingerprint density at radius 3 is 2.55 bits per heavy atom. The molecule has 58 valence electrons. The highest BCUT2D eigenvalue weighted by molar-refractivity contribution is 9.09. The smallest absolute Gasteiger partial charge is 0.110 e. The van der Waals surface area contributed by atoms with Crippen LogP contribution in [0.5, 0.6) is 0 Å². The number of benzene rings is 1. The first-order chi connectivity index (χ1) is 5.42. The molecule has 1 saturated heterocycles. The molecule has 11 heavy (non-hydrogen) atoms. The van der Waals surface area contributed by atoms with Gasteiger partial charge in [0.1, 0.15) is 6.10 Å². The summed E-state index contributed by atoms with van der Waals surface area (Å²) < 4.78 is 5.41. The number of rotatable bonds is 2. The maximum Gasteiger partial charge on any atom is 0.110 e. The molecule has 1 aromatic rings. The Hall–Kier alpha value is -0.340. The quantitative estimate of drug-likeness (QED) is 0.543. The lowest BCUT2D eigenvalue weighted by molar-refractivity contribution is 0.385. The van der Waals surface area contributed by atoms with Gasteiger partial charge in [0.05, 0.1) is 6.10 Å². The van der Waals surface area contributed by atoms with Crippen molar-refractivity contribution in [3.8, 4) is 0 Å². The predicted molar refractivity (Wildman–Crippen MR) is 47.9 cm³/mol. The van der Waals surface area contributed by atoms with Crippen LogP contribution in [0.1, 0.15) is 11.7 Å². The van der Waals surface area contributed by atoms with Gasteiger partial charge in [0.2, 0.25) is 0 Å². The lowest BCUT2D eigenvalue weighted by Gasteiger charge is -1.91. The van der Waals surface area contributed by atoms with E-state index in [0.29, 0.717) is 12.2 Å². The summed E-state index contributed by atoms with van der Waals surface area (Å²) in [6.07, 6.45) is 0.743. The molecule has 0 unspecified atom stereocenters. The van der Waals surface area contributed by atoms with Crippen molar-refractivity contribution in [1.82, 2.24) is 0 Å². The molecule has 1 aromatic carbocycles. The average Bonchev–Trinajstić information content (AvgIpc) is 2.85. The number of hydrogen-bond acceptors (Lipinski definition) is 1. The third-order valence-corrected chi connectivity index (χ3v) is 2.50. The van der Waals surface area contributed by atoms with E-state index >= 15 is 0 Å². The Kier molecular flexibility index (Phi) is 1.96. The van der Waals surface area contributed by atoms with E-state index in [-0.39, 0.29) is 0 Å². The van der Waals surface area contributed by atoms with E-state index in [1.54, 1.807) is 0 Å². The van der Waals surface area contributed by atoms with Crippen molar-refractivity contribution >= 4 is 15.9 Å². The molecule has 1 aliphatic rings. The molecule has 1 aliphatic heterocycles. The highest BCUT2D eigenvalue weighted by atomic mass is 79.9. The first-order valence-electron chi connectivity index (χ1n) is 3.68. The SMILES string of the molecule is BrC[C@@H]1O[C@@H]1c1ccccc1. The summed E-state index contributed by atoms with van der Waals surface area (Å²) in [6.45, 7) is 0. The molecule has 1 fully saturated rings. The fourth-order valence-corrected chi connectivity index (χ4v) is 1.69. The first-order valence-corrected chi connectivity index (χ1v) is 4.80. The normalized spacial score (nSPS) is 28.5. The summed E-state index contributed by atoms with van der Waals surface area (Å²) in [7, 11) is 0. The Morgan fingerprint density at radius 2 is 2.00 bits per heavy atom. The van der Waals surface area contributed by atoms with Gasteiger partial charge in [-0.15, -0.1) is 0 Å². The van der Waals surface area contributed by atoms with Crippen LogP contribution in [0, 0.1) is 0 Å². The minimum Gasteiger partial charge on any atom is -0.364 e. The van der Waals surface area contributed by atoms with Crippen LogP contribution in [0.3, 0.4) is 0 Å². The maximum atomic E-state index is 5.41. The number of alkyl halides is 1. The molecule has 2 heteroatoms. The van der Waals surface area contributed by atoms with Crippen LogP contribution >= 0.6 is 15.9 Å². The van der Waals surface area contributed by atoms with Crippen molar-refractivity contribution in [2.24, 2.45) is 0 Å². The van der Waals surface area contributed by atoms with E-state index in [1.165, 1.54) is 5.56 Å². The molecular formula is C9H9BrO. The fraction of sp³-hybridized carbons (Fsp3) is 0.333. The first kappa shape index (κ1) is 7.32. The third kappa shape index (κ3) is 1.47. The fourth-order valence-electron chi connectivity index (χ4n) is 1.20. The summed E-state index contributed by atoms with van der Waals surface area (Å²) in [5.41, 5.74) is 1.29. The van der Waals surface area contributed by atoms with Gasteiger partial charge in [0, 0.05) is 5.33 Å². The van der Waals surface area contributed by atoms with Gasteiger partial charge in [0.25, 0.3) is 0 Å². The van der Waals surface area contributed by atoms with Crippen molar-refractivity contribution < 1.29 is 4.74 Å². The monoisotopic (exact) mass is 212 g/mol. The van der Waals surface area contributed by atoms with E-state index in [9.17, 15) is 0 Å². The molecule has 1 nitrogen and oxygen atoms in total. The van der Waals surface area contributed by atoms with E-state index < -0.39 is 0 Å². The largest absolute Gasteiger partial charge is 0.364 e. The van der Waals surface area contributed by atoms with Gasteiger partial charge < -0.3 is 4.74 Å². The van der Waals surface area contributed by atoms with Crippen molar-refractivity contribution in [2.45, 2.75) is 12.2 Å². The highest BCUT2D eigenvalue weighted by Gasteiger charge is 2.38. The second-order valence-electron chi connectivity index (χ2n) is 2.66. The number of halogens is 1. The zero-order valence-electron chi connectivity index (χ0n) is 6.03. The van der Waals surface area contributed by atoms with Crippen molar-refractivity contribution in [1.29, 1.82) is 0 Å². The summed E-state index contributed by atoms with van der Waals surface area (Å²) in [4.78, 5) is 0. The van der Waals surface area contributed by atoms with Gasteiger partial charge in [-0.25, -0.2) is 0 Å². The van der Waals surface area contributed by atoms with Gasteiger partial charge in [-0.1, -0.05) is 46.3 Å². The van der Waals surface area contributed by atoms with E-state index in [2.05, 4.69) is 28.1 Å². The van der Waals surface area contributed by atoms with Crippen LogP contribution < -0.4 is 0 Å². The van der Waals surface area contributed by atoms with Crippen LogP contribution in [-0.2, 0) is 4.74 Å². The van der Waals surface area contributed by atoms with Gasteiger partial charge >= 0.3 is 0 Å². The van der Waals surface area contributed by atoms with E-state index in [4.69, 9.17) is 4.74 Å². The standard InChI is InChI=1S/C9H9BrO/c10-6-8-9(11-8)7-4-2-1-3-5-7/h1-5,8-9H,6H2/t8-,9+/m0/s1. The van der Waals surface area contributed by atoms with Gasteiger partial charge in [-0.05, 0) is 5.56 Å². The predicted octanol–water partition coefficient (Wildman–Crippen LogP) is 2.52. The summed E-state index contributed by atoms with van der Waals surface area (Å²) >= 11 is 3.39. The molecule has 0 aromatic heterocycles. The summed E-state index contributed by atoms with van der Waals surface area (Å²) in [5.74, 6) is 0. The van der Waals surface area contributed by atoms with Crippen LogP contribution in [0.15, 0.2) is 30.3 Å². The molecule has 0 radical (unpaired) electrons. The topological polar surface area (TPSA) is 12.5 Å². The Morgan fingerprint density at radius 1 is 1.27 bits per heavy atom. The lowest BCUT2D eigenvalue weighted by atomic mass is 10.1. The van der Waals surface area contributed by atoms with Crippen LogP contribution in [0.4, 0.5) is 0 Å². The van der Waals surface area contributed by atoms with E-state index in [1.807, 2.05) is 18.2 Å². The lowest BCUT2D eigenvalue weighted by Crippen LogP contribution is -1.87. The van der Waals surface area contributed by atoms with Gasteiger partial charge in [-0.3, -0.25) is 0 Å². The van der Waals surface area contributed by atoms with Crippen LogP contribution in [-0.4, -0.2) is 11.4 Å². The molecule has 0 aliphatic carbocycles. The zero-order chi connectivity index (χ0) is 7.68. The third-order valence-electron chi connectivity index (χ3n) is 1.86. The van der Waals surface area contributed by atoms with Crippen molar-refractivity contribution in [2.75, 3.05) is 5.33 Å². The Labute approximate surface area is 74.5 Å². The molecule has 2 atom stereocenters. The zero-order valence-corrected chi connectivity index (χ0v) is 7.62. The Bertz CT molecular complexity index is 235. The second kappa shape index (κ2) is 2.95. The van der Waals surface area contributed by atoms with Gasteiger partial charge in [0.15, 0.2) is 0 Å². The minimum atomic E-state index is 0.343. The van der Waals surface area contributed by atoms with Crippen molar-refractivity contribution in [3.05, 3.63) is 35.9 Å². The molecular weight excluding hydrogens is 204 g/mol. The molecule has 0 amide bonds. The summed E-state index contributed by atoms with van der Waals surface area (Å²) in [5, 5.41) is 0.937. The second-order valence-corrected chi connectivity index (χ2v) is 3.31.